The van der Waals surface area contributed by atoms with Crippen molar-refractivity contribution in [2.24, 2.45) is 0 Å². The standard InChI is InChI=1S/C16H18BrNO2/c17-11-4-1-5-12-20-16(19)18-15-10-6-8-13-7-2-3-9-14(13)15/h2-3,6-10H,1,4-5,11-12H2,(H,18,19). The van der Waals surface area contributed by atoms with Crippen molar-refractivity contribution in [1.82, 2.24) is 0 Å². The molecule has 4 heteroatoms. The summed E-state index contributed by atoms with van der Waals surface area (Å²) in [5.74, 6) is 0. The van der Waals surface area contributed by atoms with Gasteiger partial charge in [0.25, 0.3) is 0 Å². The van der Waals surface area contributed by atoms with Crippen LogP contribution in [0.3, 0.4) is 0 Å². The molecule has 106 valence electrons. The number of carbonyl (C=O) groups is 1. The highest BCUT2D eigenvalue weighted by molar-refractivity contribution is 9.09. The van der Waals surface area contributed by atoms with E-state index in [2.05, 4.69) is 21.2 Å². The predicted octanol–water partition coefficient (Wildman–Crippen LogP) is 4.95. The number of ether oxygens (including phenoxy) is 1. The maximum Gasteiger partial charge on any atom is 0.411 e. The molecule has 3 nitrogen and oxygen atoms in total. The van der Waals surface area contributed by atoms with Crippen LogP contribution < -0.4 is 5.32 Å². The number of benzene rings is 2. The number of halogens is 1. The Morgan fingerprint density at radius 1 is 1.05 bits per heavy atom. The normalized spacial score (nSPS) is 10.4. The third-order valence-corrected chi connectivity index (χ3v) is 3.60. The zero-order valence-electron chi connectivity index (χ0n) is 11.3. The topological polar surface area (TPSA) is 38.3 Å². The van der Waals surface area contributed by atoms with Crippen molar-refractivity contribution in [3.8, 4) is 0 Å². The zero-order valence-corrected chi connectivity index (χ0v) is 12.9. The fraction of sp³-hybridized carbons (Fsp3) is 0.312. The van der Waals surface area contributed by atoms with E-state index in [0.29, 0.717) is 6.61 Å². The van der Waals surface area contributed by atoms with Crippen LogP contribution in [0.15, 0.2) is 42.5 Å². The Bertz CT molecular complexity index is 566. The Labute approximate surface area is 127 Å². The van der Waals surface area contributed by atoms with Crippen LogP contribution in [-0.4, -0.2) is 18.0 Å². The molecule has 0 aliphatic heterocycles. The number of nitrogens with one attached hydrogen (secondary N) is 1. The average Bonchev–Trinajstić information content (AvgIpc) is 2.47. The first-order valence-electron chi connectivity index (χ1n) is 6.79. The minimum absolute atomic E-state index is 0.389. The third kappa shape index (κ3) is 4.23. The smallest absolute Gasteiger partial charge is 0.411 e. The summed E-state index contributed by atoms with van der Waals surface area (Å²) in [6.45, 7) is 0.462. The molecule has 20 heavy (non-hydrogen) atoms. The molecule has 0 bridgehead atoms. The molecule has 2 aromatic carbocycles. The van der Waals surface area contributed by atoms with Crippen molar-refractivity contribution < 1.29 is 9.53 Å². The summed E-state index contributed by atoms with van der Waals surface area (Å²) in [6.07, 6.45) is 2.68. The molecule has 0 spiro atoms. The lowest BCUT2D eigenvalue weighted by Gasteiger charge is -2.09. The van der Waals surface area contributed by atoms with Gasteiger partial charge in [0.2, 0.25) is 0 Å². The van der Waals surface area contributed by atoms with Gasteiger partial charge in [-0.05, 0) is 30.7 Å². The van der Waals surface area contributed by atoms with E-state index in [1.807, 2.05) is 42.5 Å². The van der Waals surface area contributed by atoms with Crippen LogP contribution in [0.1, 0.15) is 19.3 Å². The van der Waals surface area contributed by atoms with Gasteiger partial charge in [0.1, 0.15) is 0 Å². The molecular weight excluding hydrogens is 318 g/mol. The Morgan fingerprint density at radius 2 is 1.85 bits per heavy atom. The van der Waals surface area contributed by atoms with Crippen LogP contribution >= 0.6 is 15.9 Å². The number of fused-ring (bicyclic) bond motifs is 1. The molecule has 2 aromatic rings. The van der Waals surface area contributed by atoms with E-state index < -0.39 is 0 Å². The second-order valence-electron chi connectivity index (χ2n) is 4.54. The van der Waals surface area contributed by atoms with Crippen molar-refractivity contribution in [2.45, 2.75) is 19.3 Å². The van der Waals surface area contributed by atoms with Gasteiger partial charge in [0.05, 0.1) is 12.3 Å². The largest absolute Gasteiger partial charge is 0.449 e. The molecule has 0 atom stereocenters. The number of unbranched alkanes of at least 4 members (excludes halogenated alkanes) is 2. The monoisotopic (exact) mass is 335 g/mol. The summed E-state index contributed by atoms with van der Waals surface area (Å²) >= 11 is 3.38. The second kappa shape index (κ2) is 7.90. The van der Waals surface area contributed by atoms with Gasteiger partial charge in [-0.3, -0.25) is 5.32 Å². The van der Waals surface area contributed by atoms with Crippen molar-refractivity contribution in [2.75, 3.05) is 17.3 Å². The van der Waals surface area contributed by atoms with Gasteiger partial charge in [-0.25, -0.2) is 4.79 Å². The minimum Gasteiger partial charge on any atom is -0.449 e. The maximum atomic E-state index is 11.7. The van der Waals surface area contributed by atoms with Crippen LogP contribution in [0.2, 0.25) is 0 Å². The van der Waals surface area contributed by atoms with Crippen molar-refractivity contribution in [3.63, 3.8) is 0 Å². The summed E-state index contributed by atoms with van der Waals surface area (Å²) in [6, 6.07) is 13.8. The van der Waals surface area contributed by atoms with Crippen LogP contribution in [0.5, 0.6) is 0 Å². The lowest BCUT2D eigenvalue weighted by atomic mass is 10.1. The number of hydrogen-bond acceptors (Lipinski definition) is 2. The lowest BCUT2D eigenvalue weighted by molar-refractivity contribution is 0.159. The Hall–Kier alpha value is -1.55. The van der Waals surface area contributed by atoms with Crippen molar-refractivity contribution >= 4 is 38.5 Å². The predicted molar refractivity (Wildman–Crippen MR) is 86.6 cm³/mol. The first-order chi connectivity index (χ1) is 9.81. The van der Waals surface area contributed by atoms with E-state index in [9.17, 15) is 4.79 Å². The van der Waals surface area contributed by atoms with Crippen LogP contribution in [0, 0.1) is 0 Å². The van der Waals surface area contributed by atoms with Crippen molar-refractivity contribution in [3.05, 3.63) is 42.5 Å². The summed E-state index contributed by atoms with van der Waals surface area (Å²) in [4.78, 5) is 11.7. The number of alkyl halides is 1. The molecule has 0 fully saturated rings. The SMILES string of the molecule is O=C(Nc1cccc2ccccc12)OCCCCCBr. The van der Waals surface area contributed by atoms with Crippen LogP contribution in [0.4, 0.5) is 10.5 Å². The van der Waals surface area contributed by atoms with Crippen LogP contribution in [0.25, 0.3) is 10.8 Å². The van der Waals surface area contributed by atoms with E-state index in [4.69, 9.17) is 4.74 Å². The Kier molecular flexibility index (Phi) is 5.87. The highest BCUT2D eigenvalue weighted by Gasteiger charge is 2.05. The van der Waals surface area contributed by atoms with E-state index in [0.717, 1.165) is 41.1 Å². The van der Waals surface area contributed by atoms with Gasteiger partial charge in [-0.1, -0.05) is 52.3 Å². The summed E-state index contributed by atoms with van der Waals surface area (Å²) in [5.41, 5.74) is 0.786. The number of anilines is 1. The van der Waals surface area contributed by atoms with Crippen molar-refractivity contribution in [1.29, 1.82) is 0 Å². The van der Waals surface area contributed by atoms with Gasteiger partial charge < -0.3 is 4.74 Å². The Balaban J connectivity index is 1.90. The maximum absolute atomic E-state index is 11.7. The van der Waals surface area contributed by atoms with Gasteiger partial charge in [-0.15, -0.1) is 0 Å². The summed E-state index contributed by atoms with van der Waals surface area (Å²) < 4.78 is 5.18. The molecule has 0 aliphatic carbocycles. The second-order valence-corrected chi connectivity index (χ2v) is 5.33. The molecule has 0 unspecified atom stereocenters. The van der Waals surface area contributed by atoms with E-state index >= 15 is 0 Å². The molecule has 0 aromatic heterocycles. The van der Waals surface area contributed by atoms with E-state index in [1.54, 1.807) is 0 Å². The molecule has 0 saturated heterocycles. The first kappa shape index (κ1) is 14.9. The fourth-order valence-electron chi connectivity index (χ4n) is 2.02. The molecule has 1 N–H and O–H groups in total. The molecule has 0 saturated carbocycles. The summed E-state index contributed by atoms with van der Waals surface area (Å²) in [5, 5.41) is 5.92. The minimum atomic E-state index is -0.389. The lowest BCUT2D eigenvalue weighted by Crippen LogP contribution is -2.14. The van der Waals surface area contributed by atoms with Gasteiger partial charge in [0.15, 0.2) is 0 Å². The van der Waals surface area contributed by atoms with Crippen LogP contribution in [-0.2, 0) is 4.74 Å². The highest BCUT2D eigenvalue weighted by Crippen LogP contribution is 2.22. The number of rotatable bonds is 6. The number of hydrogen-bond donors (Lipinski definition) is 1. The average molecular weight is 336 g/mol. The van der Waals surface area contributed by atoms with E-state index in [-0.39, 0.29) is 6.09 Å². The quantitative estimate of drug-likeness (QED) is 0.598. The molecule has 0 aliphatic rings. The van der Waals surface area contributed by atoms with Gasteiger partial charge in [-0.2, -0.15) is 0 Å². The number of carbonyl (C=O) groups excluding carboxylic acids is 1. The van der Waals surface area contributed by atoms with Gasteiger partial charge in [0, 0.05) is 10.7 Å². The Morgan fingerprint density at radius 3 is 2.70 bits per heavy atom. The zero-order chi connectivity index (χ0) is 14.2. The molecular formula is C16H18BrNO2. The molecule has 0 radical (unpaired) electrons. The van der Waals surface area contributed by atoms with Gasteiger partial charge >= 0.3 is 6.09 Å². The fourth-order valence-corrected chi connectivity index (χ4v) is 2.42. The third-order valence-electron chi connectivity index (χ3n) is 3.04. The molecule has 1 amide bonds. The first-order valence-corrected chi connectivity index (χ1v) is 7.91. The molecule has 2 rings (SSSR count). The molecule has 0 heterocycles. The van der Waals surface area contributed by atoms with E-state index in [1.165, 1.54) is 0 Å². The number of amides is 1. The highest BCUT2D eigenvalue weighted by atomic mass is 79.9. The summed E-state index contributed by atoms with van der Waals surface area (Å²) in [7, 11) is 0.